The molecule has 0 spiro atoms. The van der Waals surface area contributed by atoms with Gasteiger partial charge in [-0.05, 0) is 24.0 Å². The van der Waals surface area contributed by atoms with Crippen LogP contribution in [0.2, 0.25) is 0 Å². The molecule has 0 heterocycles. The van der Waals surface area contributed by atoms with Crippen LogP contribution in [0, 0.1) is 0 Å². The lowest BCUT2D eigenvalue weighted by Gasteiger charge is -2.04. The van der Waals surface area contributed by atoms with Gasteiger partial charge < -0.3 is 4.84 Å². The third kappa shape index (κ3) is 3.93. The van der Waals surface area contributed by atoms with Crippen molar-refractivity contribution in [3.8, 4) is 0 Å². The predicted molar refractivity (Wildman–Crippen MR) is 54.9 cm³/mol. The number of benzene rings is 1. The molecule has 0 aliphatic rings. The molecule has 0 saturated heterocycles. The van der Waals surface area contributed by atoms with Crippen LogP contribution in [0.15, 0.2) is 42.5 Å². The Morgan fingerprint density at radius 3 is 2.67 bits per heavy atom. The van der Waals surface area contributed by atoms with Gasteiger partial charge in [0.2, 0.25) is 0 Å². The van der Waals surface area contributed by atoms with Crippen molar-refractivity contribution < 1.29 is 14.8 Å². The zero-order valence-electron chi connectivity index (χ0n) is 8.27. The summed E-state index contributed by atoms with van der Waals surface area (Å²) in [6.45, 7) is 3.56. The summed E-state index contributed by atoms with van der Waals surface area (Å²) in [4.78, 5) is 15.2. The maximum Gasteiger partial charge on any atom is 0.354 e. The SMILES string of the molecule is C=C(CCc1ccccc1)C(=O)ONO. The molecule has 2 N–H and O–H groups in total. The summed E-state index contributed by atoms with van der Waals surface area (Å²) in [7, 11) is 0. The molecule has 0 atom stereocenters. The van der Waals surface area contributed by atoms with Gasteiger partial charge in [-0.2, -0.15) is 0 Å². The third-order valence-electron chi connectivity index (χ3n) is 1.99. The highest BCUT2D eigenvalue weighted by atomic mass is 16.9. The molecule has 0 aliphatic carbocycles. The molecule has 0 bridgehead atoms. The molecule has 1 rings (SSSR count). The maximum atomic E-state index is 11.0. The molecule has 4 heteroatoms. The van der Waals surface area contributed by atoms with E-state index in [1.54, 1.807) is 0 Å². The molecule has 0 aliphatic heterocycles. The van der Waals surface area contributed by atoms with E-state index in [9.17, 15) is 4.79 Å². The first kappa shape index (κ1) is 11.4. The molecule has 1 aromatic rings. The Kier molecular flexibility index (Phi) is 4.53. The zero-order valence-corrected chi connectivity index (χ0v) is 8.27. The van der Waals surface area contributed by atoms with Crippen LogP contribution < -0.4 is 5.64 Å². The summed E-state index contributed by atoms with van der Waals surface area (Å²) >= 11 is 0. The minimum atomic E-state index is -0.645. The molecule has 15 heavy (non-hydrogen) atoms. The average molecular weight is 207 g/mol. The van der Waals surface area contributed by atoms with Gasteiger partial charge in [-0.3, -0.25) is 5.21 Å². The molecule has 0 radical (unpaired) electrons. The van der Waals surface area contributed by atoms with Crippen molar-refractivity contribution in [2.24, 2.45) is 0 Å². The normalized spacial score (nSPS) is 9.67. The molecule has 0 aromatic heterocycles. The highest BCUT2D eigenvalue weighted by Crippen LogP contribution is 2.08. The van der Waals surface area contributed by atoms with Crippen LogP contribution in [0.1, 0.15) is 12.0 Å². The Hall–Kier alpha value is -1.65. The summed E-state index contributed by atoms with van der Waals surface area (Å²) in [5.74, 6) is -0.645. The van der Waals surface area contributed by atoms with Crippen LogP contribution in [0.25, 0.3) is 0 Å². The van der Waals surface area contributed by atoms with E-state index >= 15 is 0 Å². The van der Waals surface area contributed by atoms with Gasteiger partial charge in [0, 0.05) is 5.57 Å². The highest BCUT2D eigenvalue weighted by molar-refractivity contribution is 5.87. The fourth-order valence-electron chi connectivity index (χ4n) is 1.16. The summed E-state index contributed by atoms with van der Waals surface area (Å²) in [6.07, 6.45) is 1.23. The van der Waals surface area contributed by atoms with Crippen molar-refractivity contribution in [3.05, 3.63) is 48.0 Å². The van der Waals surface area contributed by atoms with Gasteiger partial charge in [0.25, 0.3) is 0 Å². The lowest BCUT2D eigenvalue weighted by atomic mass is 10.1. The fraction of sp³-hybridized carbons (Fsp3) is 0.182. The van der Waals surface area contributed by atoms with Crippen molar-refractivity contribution in [1.82, 2.24) is 5.64 Å². The van der Waals surface area contributed by atoms with Crippen molar-refractivity contribution >= 4 is 5.97 Å². The number of rotatable bonds is 5. The van der Waals surface area contributed by atoms with E-state index in [-0.39, 0.29) is 0 Å². The first-order valence-electron chi connectivity index (χ1n) is 4.56. The monoisotopic (exact) mass is 207 g/mol. The van der Waals surface area contributed by atoms with Gasteiger partial charge in [-0.1, -0.05) is 36.9 Å². The number of hydrogen-bond acceptors (Lipinski definition) is 4. The van der Waals surface area contributed by atoms with E-state index in [4.69, 9.17) is 5.21 Å². The number of carbonyl (C=O) groups excluding carboxylic acids is 1. The van der Waals surface area contributed by atoms with Crippen LogP contribution in [-0.2, 0) is 16.1 Å². The van der Waals surface area contributed by atoms with Crippen molar-refractivity contribution in [3.63, 3.8) is 0 Å². The Labute approximate surface area is 88.1 Å². The lowest BCUT2D eigenvalue weighted by Crippen LogP contribution is -2.17. The average Bonchev–Trinajstić information content (AvgIpc) is 2.27. The van der Waals surface area contributed by atoms with Gasteiger partial charge in [-0.25, -0.2) is 4.79 Å². The molecule has 0 unspecified atom stereocenters. The summed E-state index contributed by atoms with van der Waals surface area (Å²) in [6, 6.07) is 9.76. The Morgan fingerprint density at radius 2 is 2.07 bits per heavy atom. The standard InChI is InChI=1S/C11H13NO3/c1-9(11(13)15-12-14)7-8-10-5-3-2-4-6-10/h2-6,12,14H,1,7-8H2. The largest absolute Gasteiger partial charge is 0.354 e. The van der Waals surface area contributed by atoms with Crippen LogP contribution >= 0.6 is 0 Å². The first-order valence-corrected chi connectivity index (χ1v) is 4.56. The smallest absolute Gasteiger partial charge is 0.341 e. The second-order valence-electron chi connectivity index (χ2n) is 3.07. The molecule has 1 aromatic carbocycles. The molecular formula is C11H13NO3. The number of hydrogen-bond donors (Lipinski definition) is 2. The van der Waals surface area contributed by atoms with Gasteiger partial charge in [0.15, 0.2) is 0 Å². The van der Waals surface area contributed by atoms with Crippen LogP contribution in [0.4, 0.5) is 0 Å². The van der Waals surface area contributed by atoms with Crippen molar-refractivity contribution in [2.45, 2.75) is 12.8 Å². The highest BCUT2D eigenvalue weighted by Gasteiger charge is 2.08. The second kappa shape index (κ2) is 5.95. The topological polar surface area (TPSA) is 58.6 Å². The minimum absolute atomic E-state index is 0.320. The molecule has 80 valence electrons. The van der Waals surface area contributed by atoms with Gasteiger partial charge in [-0.15, -0.1) is 0 Å². The van der Waals surface area contributed by atoms with E-state index in [0.717, 1.165) is 12.0 Å². The van der Waals surface area contributed by atoms with E-state index in [2.05, 4.69) is 11.4 Å². The predicted octanol–water partition coefficient (Wildman–Crippen LogP) is 1.61. The Bertz CT molecular complexity index is 335. The second-order valence-corrected chi connectivity index (χ2v) is 3.07. The van der Waals surface area contributed by atoms with Crippen molar-refractivity contribution in [2.75, 3.05) is 0 Å². The van der Waals surface area contributed by atoms with E-state index < -0.39 is 5.97 Å². The minimum Gasteiger partial charge on any atom is -0.341 e. The number of aryl methyl sites for hydroxylation is 1. The number of carbonyl (C=O) groups is 1. The molecular weight excluding hydrogens is 194 g/mol. The van der Waals surface area contributed by atoms with E-state index in [0.29, 0.717) is 12.0 Å². The van der Waals surface area contributed by atoms with Crippen molar-refractivity contribution in [1.29, 1.82) is 0 Å². The maximum absolute atomic E-state index is 11.0. The van der Waals surface area contributed by atoms with Gasteiger partial charge in [0.05, 0.1) is 0 Å². The van der Waals surface area contributed by atoms with Crippen LogP contribution in [-0.4, -0.2) is 11.2 Å². The van der Waals surface area contributed by atoms with E-state index in [1.807, 2.05) is 30.3 Å². The quantitative estimate of drug-likeness (QED) is 0.569. The molecule has 0 fully saturated rings. The first-order chi connectivity index (χ1) is 7.24. The van der Waals surface area contributed by atoms with Crippen LogP contribution in [0.5, 0.6) is 0 Å². The summed E-state index contributed by atoms with van der Waals surface area (Å²) in [5.41, 5.74) is 2.78. The Morgan fingerprint density at radius 1 is 1.40 bits per heavy atom. The van der Waals surface area contributed by atoms with Crippen LogP contribution in [0.3, 0.4) is 0 Å². The van der Waals surface area contributed by atoms with E-state index in [1.165, 1.54) is 5.64 Å². The molecule has 4 nitrogen and oxygen atoms in total. The summed E-state index contributed by atoms with van der Waals surface area (Å²) < 4.78 is 0. The Balaban J connectivity index is 2.38. The zero-order chi connectivity index (χ0) is 11.1. The van der Waals surface area contributed by atoms with Gasteiger partial charge >= 0.3 is 5.97 Å². The summed E-state index contributed by atoms with van der Waals surface area (Å²) in [5, 5.41) is 8.14. The molecule has 0 amide bonds. The fourth-order valence-corrected chi connectivity index (χ4v) is 1.16. The lowest BCUT2D eigenvalue weighted by molar-refractivity contribution is -0.171. The molecule has 0 saturated carbocycles. The number of nitrogens with one attached hydrogen (secondary N) is 1. The van der Waals surface area contributed by atoms with Gasteiger partial charge in [0.1, 0.15) is 0 Å². The third-order valence-corrected chi connectivity index (χ3v) is 1.99.